The van der Waals surface area contributed by atoms with Crippen LogP contribution in [0.5, 0.6) is 0 Å². The molecular formula is C21H33NO4. The lowest BCUT2D eigenvalue weighted by atomic mass is 9.78. The van der Waals surface area contributed by atoms with Crippen LogP contribution in [0.2, 0.25) is 0 Å². The van der Waals surface area contributed by atoms with Gasteiger partial charge in [0, 0.05) is 24.1 Å². The molecule has 0 spiro atoms. The third-order valence-corrected chi connectivity index (χ3v) is 4.12. The van der Waals surface area contributed by atoms with Crippen LogP contribution in [0.3, 0.4) is 0 Å². The van der Waals surface area contributed by atoms with Gasteiger partial charge in [0.25, 0.3) is 0 Å². The lowest BCUT2D eigenvalue weighted by molar-refractivity contribution is -0.169. The Balaban J connectivity index is 3.47. The maximum Gasteiger partial charge on any atom is 0.411 e. The standard InChI is InChI=1S/C21H33NO4/c1-15(2)22(16(3)4)19(24)26-21(18(23)25-8,14-20(5,6)7)17-12-10-9-11-13-17/h9-13,15-16H,14H2,1-8H3. The Kier molecular flexibility index (Phi) is 7.25. The molecule has 5 heteroatoms. The minimum absolute atomic E-state index is 0.0525. The van der Waals surface area contributed by atoms with Crippen molar-refractivity contribution < 1.29 is 19.1 Å². The van der Waals surface area contributed by atoms with E-state index in [1.165, 1.54) is 7.11 Å². The minimum Gasteiger partial charge on any atom is -0.466 e. The van der Waals surface area contributed by atoms with Crippen LogP contribution < -0.4 is 0 Å². The lowest BCUT2D eigenvalue weighted by Gasteiger charge is -2.39. The molecule has 1 amide bonds. The van der Waals surface area contributed by atoms with E-state index >= 15 is 0 Å². The van der Waals surface area contributed by atoms with Crippen molar-refractivity contribution in [3.63, 3.8) is 0 Å². The van der Waals surface area contributed by atoms with Crippen molar-refractivity contribution in [2.75, 3.05) is 7.11 Å². The van der Waals surface area contributed by atoms with Gasteiger partial charge in [0.1, 0.15) is 0 Å². The molecule has 0 heterocycles. The van der Waals surface area contributed by atoms with E-state index in [-0.39, 0.29) is 17.5 Å². The highest BCUT2D eigenvalue weighted by atomic mass is 16.6. The topological polar surface area (TPSA) is 55.8 Å². The maximum absolute atomic E-state index is 13.0. The number of rotatable bonds is 6. The molecule has 146 valence electrons. The zero-order valence-electron chi connectivity index (χ0n) is 17.3. The summed E-state index contributed by atoms with van der Waals surface area (Å²) < 4.78 is 11.0. The van der Waals surface area contributed by atoms with E-state index in [4.69, 9.17) is 9.47 Å². The second-order valence-corrected chi connectivity index (χ2v) is 8.38. The van der Waals surface area contributed by atoms with Gasteiger partial charge in [-0.05, 0) is 33.1 Å². The predicted octanol–water partition coefficient (Wildman–Crippen LogP) is 4.75. The predicted molar refractivity (Wildman–Crippen MR) is 103 cm³/mol. The fourth-order valence-electron chi connectivity index (χ4n) is 3.27. The van der Waals surface area contributed by atoms with Crippen LogP contribution in [-0.2, 0) is 19.9 Å². The van der Waals surface area contributed by atoms with Gasteiger partial charge in [-0.2, -0.15) is 0 Å². The summed E-state index contributed by atoms with van der Waals surface area (Å²) in [4.78, 5) is 27.5. The quantitative estimate of drug-likeness (QED) is 0.685. The van der Waals surface area contributed by atoms with Crippen molar-refractivity contribution in [3.05, 3.63) is 35.9 Å². The van der Waals surface area contributed by atoms with Gasteiger partial charge in [0.2, 0.25) is 5.60 Å². The number of methoxy groups -OCH3 is 1. The molecule has 26 heavy (non-hydrogen) atoms. The van der Waals surface area contributed by atoms with Gasteiger partial charge in [-0.3, -0.25) is 0 Å². The van der Waals surface area contributed by atoms with Gasteiger partial charge in [0.05, 0.1) is 7.11 Å². The molecule has 1 rings (SSSR count). The molecule has 1 atom stereocenters. The van der Waals surface area contributed by atoms with E-state index in [9.17, 15) is 9.59 Å². The molecule has 0 aliphatic heterocycles. The molecule has 1 unspecified atom stereocenters. The first kappa shape index (κ1) is 22.0. The minimum atomic E-state index is -1.49. The lowest BCUT2D eigenvalue weighted by Crippen LogP contribution is -2.50. The van der Waals surface area contributed by atoms with E-state index < -0.39 is 17.7 Å². The average molecular weight is 363 g/mol. The van der Waals surface area contributed by atoms with Gasteiger partial charge in [-0.15, -0.1) is 0 Å². The molecule has 0 saturated carbocycles. The molecule has 0 N–H and O–H groups in total. The second kappa shape index (κ2) is 8.56. The monoisotopic (exact) mass is 363 g/mol. The summed E-state index contributed by atoms with van der Waals surface area (Å²) in [5.74, 6) is -0.570. The summed E-state index contributed by atoms with van der Waals surface area (Å²) in [5, 5.41) is 0. The largest absolute Gasteiger partial charge is 0.466 e. The molecular weight excluding hydrogens is 330 g/mol. The van der Waals surface area contributed by atoms with Crippen molar-refractivity contribution in [1.29, 1.82) is 0 Å². The van der Waals surface area contributed by atoms with Crippen LogP contribution in [-0.4, -0.2) is 36.2 Å². The average Bonchev–Trinajstić information content (AvgIpc) is 2.52. The molecule has 0 aliphatic rings. The van der Waals surface area contributed by atoms with Gasteiger partial charge in [-0.1, -0.05) is 51.1 Å². The Morgan fingerprint density at radius 3 is 1.88 bits per heavy atom. The smallest absolute Gasteiger partial charge is 0.411 e. The van der Waals surface area contributed by atoms with Gasteiger partial charge in [-0.25, -0.2) is 9.59 Å². The summed E-state index contributed by atoms with van der Waals surface area (Å²) in [7, 11) is 1.32. The highest BCUT2D eigenvalue weighted by Crippen LogP contribution is 2.40. The van der Waals surface area contributed by atoms with Crippen LogP contribution >= 0.6 is 0 Å². The zero-order chi connectivity index (χ0) is 20.1. The number of hydrogen-bond donors (Lipinski definition) is 0. The molecule has 0 aromatic heterocycles. The van der Waals surface area contributed by atoms with Gasteiger partial charge >= 0.3 is 12.1 Å². The van der Waals surface area contributed by atoms with E-state index in [0.29, 0.717) is 12.0 Å². The summed E-state index contributed by atoms with van der Waals surface area (Å²) in [5.41, 5.74) is -1.15. The number of esters is 1. The number of nitrogens with zero attached hydrogens (tertiary/aromatic N) is 1. The highest BCUT2D eigenvalue weighted by molar-refractivity contribution is 5.84. The fourth-order valence-corrected chi connectivity index (χ4v) is 3.27. The molecule has 0 fully saturated rings. The molecule has 0 aliphatic carbocycles. The molecule has 0 radical (unpaired) electrons. The van der Waals surface area contributed by atoms with E-state index in [2.05, 4.69) is 0 Å². The number of hydrogen-bond acceptors (Lipinski definition) is 4. The summed E-state index contributed by atoms with van der Waals surface area (Å²) >= 11 is 0. The van der Waals surface area contributed by atoms with Crippen LogP contribution in [0.15, 0.2) is 30.3 Å². The fraction of sp³-hybridized carbons (Fsp3) is 0.619. The molecule has 0 saturated heterocycles. The number of carbonyl (C=O) groups is 2. The van der Waals surface area contributed by atoms with Gasteiger partial charge < -0.3 is 14.4 Å². The molecule has 5 nitrogen and oxygen atoms in total. The third kappa shape index (κ3) is 5.23. The first-order valence-corrected chi connectivity index (χ1v) is 9.10. The van der Waals surface area contributed by atoms with Crippen LogP contribution in [0.25, 0.3) is 0 Å². The Labute approximate surface area is 157 Å². The number of amides is 1. The summed E-state index contributed by atoms with van der Waals surface area (Å²) in [6.07, 6.45) is -0.208. The van der Waals surface area contributed by atoms with Crippen LogP contribution in [0.4, 0.5) is 4.79 Å². The summed E-state index contributed by atoms with van der Waals surface area (Å²) in [6, 6.07) is 9.00. The van der Waals surface area contributed by atoms with E-state index in [0.717, 1.165) is 0 Å². The van der Waals surface area contributed by atoms with Crippen molar-refractivity contribution in [2.24, 2.45) is 5.41 Å². The van der Waals surface area contributed by atoms with Crippen LogP contribution in [0, 0.1) is 5.41 Å². The Morgan fingerprint density at radius 1 is 1.00 bits per heavy atom. The highest BCUT2D eigenvalue weighted by Gasteiger charge is 2.49. The Hall–Kier alpha value is -2.04. The third-order valence-electron chi connectivity index (χ3n) is 4.12. The number of ether oxygens (including phenoxy) is 2. The molecule has 0 bridgehead atoms. The Morgan fingerprint density at radius 2 is 1.50 bits per heavy atom. The number of benzene rings is 1. The molecule has 1 aromatic carbocycles. The zero-order valence-corrected chi connectivity index (χ0v) is 17.3. The van der Waals surface area contributed by atoms with Crippen molar-refractivity contribution in [1.82, 2.24) is 4.90 Å². The Bertz CT molecular complexity index is 596. The van der Waals surface area contributed by atoms with Gasteiger partial charge in [0.15, 0.2) is 0 Å². The number of carbonyl (C=O) groups excluding carboxylic acids is 2. The normalized spacial score (nSPS) is 14.1. The summed E-state index contributed by atoms with van der Waals surface area (Å²) in [6.45, 7) is 13.7. The second-order valence-electron chi connectivity index (χ2n) is 8.38. The van der Waals surface area contributed by atoms with Crippen LogP contribution in [0.1, 0.15) is 60.5 Å². The first-order chi connectivity index (χ1) is 11.9. The van der Waals surface area contributed by atoms with E-state index in [1.54, 1.807) is 17.0 Å². The van der Waals surface area contributed by atoms with Crippen molar-refractivity contribution in [2.45, 2.75) is 72.6 Å². The van der Waals surface area contributed by atoms with E-state index in [1.807, 2.05) is 66.7 Å². The maximum atomic E-state index is 13.0. The first-order valence-electron chi connectivity index (χ1n) is 9.10. The molecule has 1 aromatic rings. The van der Waals surface area contributed by atoms with Crippen molar-refractivity contribution in [3.8, 4) is 0 Å². The van der Waals surface area contributed by atoms with Crippen molar-refractivity contribution >= 4 is 12.1 Å². The SMILES string of the molecule is COC(=O)C(CC(C)(C)C)(OC(=O)N(C(C)C)C(C)C)c1ccccc1.